The van der Waals surface area contributed by atoms with Crippen LogP contribution in [0.15, 0.2) is 0 Å². The van der Waals surface area contributed by atoms with Gasteiger partial charge in [0.05, 0.1) is 6.10 Å². The molecule has 3 heteroatoms. The van der Waals surface area contributed by atoms with Crippen molar-refractivity contribution in [3.05, 3.63) is 0 Å². The summed E-state index contributed by atoms with van der Waals surface area (Å²) in [7, 11) is 0. The largest absolute Gasteiger partial charge is 0.391 e. The van der Waals surface area contributed by atoms with Crippen LogP contribution in [0.3, 0.4) is 0 Å². The summed E-state index contributed by atoms with van der Waals surface area (Å²) in [6.45, 7) is 6.90. The Labute approximate surface area is 74.5 Å². The number of likely N-dealkylation sites (tertiary alicyclic amines) is 1. The molecule has 1 rings (SSSR count). The van der Waals surface area contributed by atoms with Gasteiger partial charge in [-0.25, -0.2) is 0 Å². The Morgan fingerprint density at radius 1 is 1.58 bits per heavy atom. The Balaban J connectivity index is 2.35. The number of nitrogens with two attached hydrogens (primary N) is 1. The fourth-order valence-corrected chi connectivity index (χ4v) is 1.79. The molecule has 2 atom stereocenters. The number of rotatable bonds is 3. The van der Waals surface area contributed by atoms with Crippen LogP contribution in [0.4, 0.5) is 0 Å². The van der Waals surface area contributed by atoms with Crippen LogP contribution in [0, 0.1) is 5.92 Å². The monoisotopic (exact) mass is 172 g/mol. The Kier molecular flexibility index (Phi) is 3.50. The summed E-state index contributed by atoms with van der Waals surface area (Å²) in [5.41, 5.74) is 5.40. The first-order chi connectivity index (χ1) is 5.65. The van der Waals surface area contributed by atoms with Gasteiger partial charge in [-0.05, 0) is 32.7 Å². The molecule has 1 heterocycles. The van der Waals surface area contributed by atoms with Gasteiger partial charge in [0, 0.05) is 19.1 Å². The molecular weight excluding hydrogens is 152 g/mol. The van der Waals surface area contributed by atoms with E-state index in [2.05, 4.69) is 18.7 Å². The van der Waals surface area contributed by atoms with Crippen molar-refractivity contribution in [1.82, 2.24) is 4.90 Å². The molecule has 72 valence electrons. The van der Waals surface area contributed by atoms with Crippen LogP contribution in [0.2, 0.25) is 0 Å². The predicted molar refractivity (Wildman–Crippen MR) is 49.9 cm³/mol. The van der Waals surface area contributed by atoms with Crippen molar-refractivity contribution in [2.24, 2.45) is 11.7 Å². The topological polar surface area (TPSA) is 49.5 Å². The summed E-state index contributed by atoms with van der Waals surface area (Å²) in [6, 6.07) is 0.597. The molecule has 0 saturated carbocycles. The van der Waals surface area contributed by atoms with Gasteiger partial charge >= 0.3 is 0 Å². The molecule has 3 nitrogen and oxygen atoms in total. The molecule has 0 amide bonds. The third-order valence-electron chi connectivity index (χ3n) is 2.77. The molecule has 1 saturated heterocycles. The van der Waals surface area contributed by atoms with Crippen LogP contribution in [0.5, 0.6) is 0 Å². The minimum atomic E-state index is -0.297. The van der Waals surface area contributed by atoms with Crippen molar-refractivity contribution in [2.45, 2.75) is 32.4 Å². The molecule has 0 spiro atoms. The van der Waals surface area contributed by atoms with Gasteiger partial charge in [0.15, 0.2) is 0 Å². The van der Waals surface area contributed by atoms with Gasteiger partial charge in [0.1, 0.15) is 0 Å². The van der Waals surface area contributed by atoms with E-state index in [1.165, 1.54) is 0 Å². The smallest absolute Gasteiger partial charge is 0.0703 e. The van der Waals surface area contributed by atoms with Crippen LogP contribution in [0.1, 0.15) is 20.3 Å². The molecular formula is C9H20N2O. The van der Waals surface area contributed by atoms with Crippen LogP contribution >= 0.6 is 0 Å². The molecule has 0 aliphatic carbocycles. The summed E-state index contributed by atoms with van der Waals surface area (Å²) in [5.74, 6) is 0.400. The Morgan fingerprint density at radius 2 is 2.25 bits per heavy atom. The molecule has 12 heavy (non-hydrogen) atoms. The zero-order chi connectivity index (χ0) is 9.14. The molecule has 2 unspecified atom stereocenters. The zero-order valence-corrected chi connectivity index (χ0v) is 8.03. The maximum Gasteiger partial charge on any atom is 0.0703 e. The first kappa shape index (κ1) is 9.96. The lowest BCUT2D eigenvalue weighted by atomic mass is 10.0. The molecule has 0 radical (unpaired) electrons. The van der Waals surface area contributed by atoms with Crippen LogP contribution < -0.4 is 5.73 Å². The minimum Gasteiger partial charge on any atom is -0.391 e. The standard InChI is InChI=1S/C9H20N2O/c1-7(2)11-4-3-8(6-11)9(12)5-10/h7-9,12H,3-6,10H2,1-2H3. The van der Waals surface area contributed by atoms with E-state index in [9.17, 15) is 5.11 Å². The van der Waals surface area contributed by atoms with E-state index in [1.807, 2.05) is 0 Å². The highest BCUT2D eigenvalue weighted by Gasteiger charge is 2.28. The van der Waals surface area contributed by atoms with Crippen molar-refractivity contribution in [1.29, 1.82) is 0 Å². The normalized spacial score (nSPS) is 28.2. The second-order valence-electron chi connectivity index (χ2n) is 3.94. The summed E-state index contributed by atoms with van der Waals surface area (Å²) in [4.78, 5) is 2.39. The molecule has 1 fully saturated rings. The van der Waals surface area contributed by atoms with E-state index in [1.54, 1.807) is 0 Å². The number of nitrogens with zero attached hydrogens (tertiary/aromatic N) is 1. The average Bonchev–Trinajstić information content (AvgIpc) is 2.51. The molecule has 0 aromatic rings. The van der Waals surface area contributed by atoms with E-state index in [4.69, 9.17) is 5.73 Å². The lowest BCUT2D eigenvalue weighted by molar-refractivity contribution is 0.115. The lowest BCUT2D eigenvalue weighted by Crippen LogP contribution is -2.33. The fraction of sp³-hybridized carbons (Fsp3) is 1.00. The highest BCUT2D eigenvalue weighted by Crippen LogP contribution is 2.20. The van der Waals surface area contributed by atoms with Crippen molar-refractivity contribution in [2.75, 3.05) is 19.6 Å². The van der Waals surface area contributed by atoms with Gasteiger partial charge < -0.3 is 15.7 Å². The molecule has 0 aromatic carbocycles. The van der Waals surface area contributed by atoms with E-state index < -0.39 is 0 Å². The second-order valence-corrected chi connectivity index (χ2v) is 3.94. The second kappa shape index (κ2) is 4.21. The average molecular weight is 172 g/mol. The molecule has 3 N–H and O–H groups in total. The van der Waals surface area contributed by atoms with E-state index in [-0.39, 0.29) is 6.10 Å². The highest BCUT2D eigenvalue weighted by atomic mass is 16.3. The first-order valence-electron chi connectivity index (χ1n) is 4.77. The van der Waals surface area contributed by atoms with Gasteiger partial charge in [-0.2, -0.15) is 0 Å². The molecule has 1 aliphatic rings. The summed E-state index contributed by atoms with van der Waals surface area (Å²) >= 11 is 0. The lowest BCUT2D eigenvalue weighted by Gasteiger charge is -2.21. The Hall–Kier alpha value is -0.120. The molecule has 0 aromatic heterocycles. The molecule has 1 aliphatic heterocycles. The number of aliphatic hydroxyl groups is 1. The van der Waals surface area contributed by atoms with Crippen molar-refractivity contribution >= 4 is 0 Å². The number of hydrogen-bond donors (Lipinski definition) is 2. The first-order valence-corrected chi connectivity index (χ1v) is 4.77. The summed E-state index contributed by atoms with van der Waals surface area (Å²) < 4.78 is 0. The van der Waals surface area contributed by atoms with E-state index in [0.29, 0.717) is 18.5 Å². The predicted octanol–water partition coefficient (Wildman–Crippen LogP) is 0.0363. The Bertz CT molecular complexity index is 138. The maximum absolute atomic E-state index is 9.51. The quantitative estimate of drug-likeness (QED) is 0.632. The van der Waals surface area contributed by atoms with Crippen molar-refractivity contribution in [3.8, 4) is 0 Å². The minimum absolute atomic E-state index is 0.297. The van der Waals surface area contributed by atoms with E-state index >= 15 is 0 Å². The van der Waals surface area contributed by atoms with Gasteiger partial charge in [-0.15, -0.1) is 0 Å². The number of aliphatic hydroxyl groups excluding tert-OH is 1. The van der Waals surface area contributed by atoms with Gasteiger partial charge in [0.2, 0.25) is 0 Å². The van der Waals surface area contributed by atoms with Gasteiger partial charge in [0.25, 0.3) is 0 Å². The van der Waals surface area contributed by atoms with Crippen LogP contribution in [-0.2, 0) is 0 Å². The Morgan fingerprint density at radius 3 is 2.67 bits per heavy atom. The summed E-state index contributed by atoms with van der Waals surface area (Å²) in [5, 5.41) is 9.51. The number of hydrogen-bond acceptors (Lipinski definition) is 3. The van der Waals surface area contributed by atoms with Crippen molar-refractivity contribution in [3.63, 3.8) is 0 Å². The molecule has 0 bridgehead atoms. The zero-order valence-electron chi connectivity index (χ0n) is 8.03. The van der Waals surface area contributed by atoms with Crippen LogP contribution in [-0.4, -0.2) is 41.8 Å². The summed E-state index contributed by atoms with van der Waals surface area (Å²) in [6.07, 6.45) is 0.796. The SMILES string of the molecule is CC(C)N1CCC(C(O)CN)C1. The van der Waals surface area contributed by atoms with Gasteiger partial charge in [-0.1, -0.05) is 0 Å². The van der Waals surface area contributed by atoms with Crippen molar-refractivity contribution < 1.29 is 5.11 Å². The van der Waals surface area contributed by atoms with Crippen LogP contribution in [0.25, 0.3) is 0 Å². The van der Waals surface area contributed by atoms with E-state index in [0.717, 1.165) is 19.5 Å². The van der Waals surface area contributed by atoms with Gasteiger partial charge in [-0.3, -0.25) is 0 Å². The maximum atomic E-state index is 9.51. The third-order valence-corrected chi connectivity index (χ3v) is 2.77. The fourth-order valence-electron chi connectivity index (χ4n) is 1.79. The highest BCUT2D eigenvalue weighted by molar-refractivity contribution is 4.82. The third kappa shape index (κ3) is 2.19.